The number of carboxylic acids is 1. The average molecular weight is 220 g/mol. The SMILES string of the molecule is NC(CCC(=O)OC(CO)CO)C(=O)[O-]. The third-order valence-electron chi connectivity index (χ3n) is 1.67. The van der Waals surface area contributed by atoms with Gasteiger partial charge in [0.15, 0.2) is 0 Å². The number of nitrogens with two attached hydrogens (primary N) is 1. The summed E-state index contributed by atoms with van der Waals surface area (Å²) in [5.74, 6) is -2.16. The number of aliphatic hydroxyl groups excluding tert-OH is 2. The average Bonchev–Trinajstić information content (AvgIpc) is 2.22. The van der Waals surface area contributed by atoms with Crippen LogP contribution in [0.25, 0.3) is 0 Å². The molecule has 0 aromatic carbocycles. The van der Waals surface area contributed by atoms with Gasteiger partial charge >= 0.3 is 5.97 Å². The third kappa shape index (κ3) is 6.00. The fourth-order valence-corrected chi connectivity index (χ4v) is 0.768. The Kier molecular flexibility index (Phi) is 6.59. The fourth-order valence-electron chi connectivity index (χ4n) is 0.768. The number of hydrogen-bond donors (Lipinski definition) is 3. The summed E-state index contributed by atoms with van der Waals surface area (Å²) >= 11 is 0. The van der Waals surface area contributed by atoms with Gasteiger partial charge < -0.3 is 30.6 Å². The highest BCUT2D eigenvalue weighted by atomic mass is 16.6. The second-order valence-electron chi connectivity index (χ2n) is 2.94. The molecule has 15 heavy (non-hydrogen) atoms. The first-order valence-corrected chi connectivity index (χ1v) is 4.38. The Morgan fingerprint density at radius 1 is 1.33 bits per heavy atom. The van der Waals surface area contributed by atoms with Gasteiger partial charge in [-0.2, -0.15) is 0 Å². The molecule has 1 atom stereocenters. The summed E-state index contributed by atoms with van der Waals surface area (Å²) in [6, 6.07) is -1.22. The fraction of sp³-hybridized carbons (Fsp3) is 0.750. The van der Waals surface area contributed by atoms with Crippen molar-refractivity contribution in [3.05, 3.63) is 0 Å². The van der Waals surface area contributed by atoms with Crippen LogP contribution in [-0.4, -0.2) is 47.5 Å². The minimum Gasteiger partial charge on any atom is -0.548 e. The van der Waals surface area contributed by atoms with E-state index in [2.05, 4.69) is 4.74 Å². The van der Waals surface area contributed by atoms with Gasteiger partial charge in [0.2, 0.25) is 0 Å². The predicted molar refractivity (Wildman–Crippen MR) is 46.3 cm³/mol. The van der Waals surface area contributed by atoms with Gasteiger partial charge in [0, 0.05) is 12.5 Å². The number of carboxylic acid groups (broad SMARTS) is 1. The second-order valence-corrected chi connectivity index (χ2v) is 2.94. The van der Waals surface area contributed by atoms with Crippen LogP contribution in [0.5, 0.6) is 0 Å². The number of aliphatic carboxylic acids is 1. The van der Waals surface area contributed by atoms with Gasteiger partial charge in [-0.25, -0.2) is 0 Å². The minimum absolute atomic E-state index is 0.106. The molecule has 0 aliphatic rings. The minimum atomic E-state index is -1.44. The summed E-state index contributed by atoms with van der Waals surface area (Å²) in [5.41, 5.74) is 5.09. The quantitative estimate of drug-likeness (QED) is 0.383. The lowest BCUT2D eigenvalue weighted by atomic mass is 10.2. The van der Waals surface area contributed by atoms with Crippen molar-refractivity contribution in [1.82, 2.24) is 0 Å². The van der Waals surface area contributed by atoms with Crippen LogP contribution in [-0.2, 0) is 14.3 Å². The van der Waals surface area contributed by atoms with Crippen molar-refractivity contribution >= 4 is 11.9 Å². The van der Waals surface area contributed by atoms with Crippen LogP contribution < -0.4 is 10.8 Å². The number of rotatable bonds is 7. The van der Waals surface area contributed by atoms with Crippen LogP contribution in [0, 0.1) is 0 Å². The molecular weight excluding hydrogens is 206 g/mol. The molecule has 0 aliphatic carbocycles. The van der Waals surface area contributed by atoms with Crippen molar-refractivity contribution in [1.29, 1.82) is 0 Å². The smallest absolute Gasteiger partial charge is 0.306 e. The lowest BCUT2D eigenvalue weighted by Gasteiger charge is -2.14. The lowest BCUT2D eigenvalue weighted by Crippen LogP contribution is -2.42. The molecule has 0 fully saturated rings. The van der Waals surface area contributed by atoms with Gasteiger partial charge in [-0.3, -0.25) is 4.79 Å². The molecule has 0 radical (unpaired) electrons. The molecule has 0 bridgehead atoms. The highest BCUT2D eigenvalue weighted by molar-refractivity contribution is 5.73. The molecule has 7 heteroatoms. The van der Waals surface area contributed by atoms with Gasteiger partial charge in [-0.05, 0) is 6.42 Å². The van der Waals surface area contributed by atoms with Crippen molar-refractivity contribution in [2.24, 2.45) is 5.73 Å². The number of ether oxygens (including phenoxy) is 1. The van der Waals surface area contributed by atoms with Crippen molar-refractivity contribution in [2.75, 3.05) is 13.2 Å². The van der Waals surface area contributed by atoms with Crippen LogP contribution in [0.3, 0.4) is 0 Å². The molecule has 0 saturated carbocycles. The van der Waals surface area contributed by atoms with Gasteiger partial charge in [-0.15, -0.1) is 0 Å². The van der Waals surface area contributed by atoms with E-state index in [0.29, 0.717) is 0 Å². The normalized spacial score (nSPS) is 12.5. The number of carbonyl (C=O) groups excluding carboxylic acids is 2. The van der Waals surface area contributed by atoms with Crippen LogP contribution >= 0.6 is 0 Å². The van der Waals surface area contributed by atoms with Crippen molar-refractivity contribution in [3.63, 3.8) is 0 Å². The molecule has 88 valence electrons. The topological polar surface area (TPSA) is 133 Å². The zero-order valence-electron chi connectivity index (χ0n) is 8.09. The molecule has 0 saturated heterocycles. The van der Waals surface area contributed by atoms with E-state index in [4.69, 9.17) is 15.9 Å². The van der Waals surface area contributed by atoms with E-state index in [1.54, 1.807) is 0 Å². The maximum absolute atomic E-state index is 11.0. The van der Waals surface area contributed by atoms with Crippen LogP contribution in [0.4, 0.5) is 0 Å². The summed E-state index contributed by atoms with van der Waals surface area (Å²) in [6.45, 7) is -0.983. The van der Waals surface area contributed by atoms with Gasteiger partial charge in [-0.1, -0.05) is 0 Å². The Morgan fingerprint density at radius 2 is 1.87 bits per heavy atom. The number of hydrogen-bond acceptors (Lipinski definition) is 7. The Bertz CT molecular complexity index is 215. The highest BCUT2D eigenvalue weighted by Gasteiger charge is 2.13. The summed E-state index contributed by atoms with van der Waals surface area (Å²) in [7, 11) is 0. The van der Waals surface area contributed by atoms with Gasteiger partial charge in [0.05, 0.1) is 19.2 Å². The van der Waals surface area contributed by atoms with Crippen molar-refractivity contribution < 1.29 is 29.6 Å². The lowest BCUT2D eigenvalue weighted by molar-refractivity contribution is -0.307. The number of esters is 1. The van der Waals surface area contributed by atoms with Gasteiger partial charge in [0.1, 0.15) is 6.10 Å². The molecule has 0 amide bonds. The maximum atomic E-state index is 11.0. The Labute approximate surface area is 86.5 Å². The third-order valence-corrected chi connectivity index (χ3v) is 1.67. The zero-order valence-corrected chi connectivity index (χ0v) is 8.09. The van der Waals surface area contributed by atoms with E-state index >= 15 is 0 Å². The van der Waals surface area contributed by atoms with E-state index in [1.807, 2.05) is 0 Å². The molecule has 0 aromatic rings. The Balaban J connectivity index is 3.79. The van der Waals surface area contributed by atoms with E-state index in [0.717, 1.165) is 0 Å². The predicted octanol–water partition coefficient (Wildman–Crippen LogP) is -3.26. The summed E-state index contributed by atoms with van der Waals surface area (Å²) in [5, 5.41) is 27.3. The molecule has 4 N–H and O–H groups in total. The number of carbonyl (C=O) groups is 2. The van der Waals surface area contributed by atoms with E-state index in [9.17, 15) is 14.7 Å². The molecule has 0 rings (SSSR count). The standard InChI is InChI=1S/C8H15NO6/c9-6(8(13)14)1-2-7(12)15-5(3-10)4-11/h5-6,10-11H,1-4,9H2,(H,13,14)/p-1. The van der Waals surface area contributed by atoms with Crippen molar-refractivity contribution in [3.8, 4) is 0 Å². The Morgan fingerprint density at radius 3 is 2.27 bits per heavy atom. The van der Waals surface area contributed by atoms with Crippen LogP contribution in [0.2, 0.25) is 0 Å². The van der Waals surface area contributed by atoms with Crippen LogP contribution in [0.15, 0.2) is 0 Å². The van der Waals surface area contributed by atoms with Crippen molar-refractivity contribution in [2.45, 2.75) is 25.0 Å². The zero-order chi connectivity index (χ0) is 11.8. The first kappa shape index (κ1) is 13.8. The molecule has 0 aliphatic heterocycles. The van der Waals surface area contributed by atoms with Crippen LogP contribution in [0.1, 0.15) is 12.8 Å². The summed E-state index contributed by atoms with van der Waals surface area (Å²) in [6.07, 6.45) is -1.28. The molecular formula is C8H14NO6-. The largest absolute Gasteiger partial charge is 0.548 e. The second kappa shape index (κ2) is 7.16. The number of aliphatic hydroxyl groups is 2. The molecule has 0 spiro atoms. The molecule has 0 heterocycles. The first-order chi connectivity index (χ1) is 7.01. The van der Waals surface area contributed by atoms with E-state index in [-0.39, 0.29) is 12.8 Å². The first-order valence-electron chi connectivity index (χ1n) is 4.38. The van der Waals surface area contributed by atoms with E-state index in [1.165, 1.54) is 0 Å². The molecule has 1 unspecified atom stereocenters. The molecule has 7 nitrogen and oxygen atoms in total. The van der Waals surface area contributed by atoms with Gasteiger partial charge in [0.25, 0.3) is 0 Å². The monoisotopic (exact) mass is 220 g/mol. The summed E-state index contributed by atoms with van der Waals surface area (Å²) in [4.78, 5) is 21.2. The molecule has 0 aromatic heterocycles. The highest BCUT2D eigenvalue weighted by Crippen LogP contribution is 1.99. The Hall–Kier alpha value is -1.18. The van der Waals surface area contributed by atoms with E-state index < -0.39 is 37.3 Å². The summed E-state index contributed by atoms with van der Waals surface area (Å²) < 4.78 is 4.57. The maximum Gasteiger partial charge on any atom is 0.306 e.